The molecule has 2 N–H and O–H groups in total. The predicted octanol–water partition coefficient (Wildman–Crippen LogP) is 1.04. The minimum absolute atomic E-state index is 0.251. The van der Waals surface area contributed by atoms with Crippen LogP contribution in [0.25, 0.3) is 0 Å². The van der Waals surface area contributed by atoms with E-state index in [0.717, 1.165) is 11.4 Å². The number of anilines is 1. The number of likely N-dealkylation sites (tertiary alicyclic amines) is 1. The third kappa shape index (κ3) is 2.76. The minimum atomic E-state index is -0.852. The molecular formula is C10H14N4O3S. The van der Waals surface area contributed by atoms with Crippen LogP contribution in [0.2, 0.25) is 0 Å². The van der Waals surface area contributed by atoms with Gasteiger partial charge in [0.15, 0.2) is 0 Å². The van der Waals surface area contributed by atoms with Gasteiger partial charge in [0.1, 0.15) is 5.01 Å². The number of carboxylic acids is 1. The Balaban J connectivity index is 1.91. The molecule has 0 bridgehead atoms. The molecule has 7 nitrogen and oxygen atoms in total. The Morgan fingerprint density at radius 3 is 2.89 bits per heavy atom. The van der Waals surface area contributed by atoms with Crippen LogP contribution in [0.5, 0.6) is 0 Å². The van der Waals surface area contributed by atoms with Gasteiger partial charge in [-0.15, -0.1) is 10.2 Å². The first kappa shape index (κ1) is 12.7. The van der Waals surface area contributed by atoms with Gasteiger partial charge in [0.2, 0.25) is 5.13 Å². The molecule has 1 aromatic rings. The molecule has 2 rings (SSSR count). The summed E-state index contributed by atoms with van der Waals surface area (Å²) in [5.74, 6) is -1.31. The molecule has 1 aliphatic rings. The summed E-state index contributed by atoms with van der Waals surface area (Å²) in [5.41, 5.74) is 0. The molecule has 2 amide bonds. The number of aromatic nitrogens is 2. The number of aliphatic carboxylic acids is 1. The van der Waals surface area contributed by atoms with Crippen LogP contribution in [-0.4, -0.2) is 45.3 Å². The lowest BCUT2D eigenvalue weighted by atomic mass is 10.1. The fourth-order valence-corrected chi connectivity index (χ4v) is 2.43. The Bertz CT molecular complexity index is 462. The number of nitrogens with zero attached hydrogens (tertiary/aromatic N) is 3. The summed E-state index contributed by atoms with van der Waals surface area (Å²) in [6.45, 7) is 2.67. The Hall–Kier alpha value is -1.70. The molecular weight excluding hydrogens is 256 g/mol. The quantitative estimate of drug-likeness (QED) is 0.855. The molecule has 0 aromatic carbocycles. The first-order valence-corrected chi connectivity index (χ1v) is 6.53. The highest BCUT2D eigenvalue weighted by molar-refractivity contribution is 7.15. The first-order chi connectivity index (χ1) is 8.60. The number of hydrogen-bond donors (Lipinski definition) is 2. The van der Waals surface area contributed by atoms with Crippen LogP contribution >= 0.6 is 11.3 Å². The smallest absolute Gasteiger partial charge is 0.323 e. The summed E-state index contributed by atoms with van der Waals surface area (Å²) in [7, 11) is 0. The van der Waals surface area contributed by atoms with Crippen molar-refractivity contribution < 1.29 is 14.7 Å². The molecule has 0 saturated carbocycles. The van der Waals surface area contributed by atoms with Crippen molar-refractivity contribution in [1.29, 1.82) is 0 Å². The second kappa shape index (κ2) is 5.30. The van der Waals surface area contributed by atoms with Gasteiger partial charge in [0.05, 0.1) is 5.92 Å². The fraction of sp³-hybridized carbons (Fsp3) is 0.600. The van der Waals surface area contributed by atoms with Crippen LogP contribution < -0.4 is 5.32 Å². The number of carbonyl (C=O) groups excluding carboxylic acids is 1. The van der Waals surface area contributed by atoms with Gasteiger partial charge < -0.3 is 10.0 Å². The number of urea groups is 1. The molecule has 1 atom stereocenters. The summed E-state index contributed by atoms with van der Waals surface area (Å²) in [4.78, 5) is 24.1. The lowest BCUT2D eigenvalue weighted by molar-refractivity contribution is -0.141. The number of amides is 2. The predicted molar refractivity (Wildman–Crippen MR) is 65.6 cm³/mol. The van der Waals surface area contributed by atoms with Crippen molar-refractivity contribution in [2.75, 3.05) is 18.4 Å². The van der Waals surface area contributed by atoms with Crippen LogP contribution in [0, 0.1) is 5.92 Å². The Morgan fingerprint density at radius 2 is 2.33 bits per heavy atom. The summed E-state index contributed by atoms with van der Waals surface area (Å²) >= 11 is 1.33. The van der Waals surface area contributed by atoms with E-state index >= 15 is 0 Å². The van der Waals surface area contributed by atoms with Gasteiger partial charge in [-0.2, -0.15) is 0 Å². The monoisotopic (exact) mass is 270 g/mol. The van der Waals surface area contributed by atoms with E-state index in [1.54, 1.807) is 0 Å². The zero-order chi connectivity index (χ0) is 13.1. The average Bonchev–Trinajstić information content (AvgIpc) is 2.97. The summed E-state index contributed by atoms with van der Waals surface area (Å²) in [6, 6.07) is -0.308. The second-order valence-electron chi connectivity index (χ2n) is 4.05. The zero-order valence-electron chi connectivity index (χ0n) is 9.92. The maximum Gasteiger partial charge on any atom is 0.323 e. The van der Waals surface area contributed by atoms with Crippen LogP contribution in [0.15, 0.2) is 0 Å². The van der Waals surface area contributed by atoms with Crippen molar-refractivity contribution >= 4 is 28.5 Å². The Morgan fingerprint density at radius 1 is 1.56 bits per heavy atom. The molecule has 18 heavy (non-hydrogen) atoms. The van der Waals surface area contributed by atoms with E-state index in [1.165, 1.54) is 16.2 Å². The van der Waals surface area contributed by atoms with Crippen molar-refractivity contribution in [1.82, 2.24) is 15.1 Å². The summed E-state index contributed by atoms with van der Waals surface area (Å²) in [6.07, 6.45) is 1.28. The molecule has 0 spiro atoms. The van der Waals surface area contributed by atoms with Crippen LogP contribution in [0.4, 0.5) is 9.93 Å². The molecule has 1 aromatic heterocycles. The fourth-order valence-electron chi connectivity index (χ4n) is 1.76. The van der Waals surface area contributed by atoms with Gasteiger partial charge in [-0.1, -0.05) is 18.3 Å². The van der Waals surface area contributed by atoms with E-state index in [-0.39, 0.29) is 12.6 Å². The highest BCUT2D eigenvalue weighted by Crippen LogP contribution is 2.19. The van der Waals surface area contributed by atoms with E-state index in [0.29, 0.717) is 18.1 Å². The molecule has 8 heteroatoms. The van der Waals surface area contributed by atoms with E-state index < -0.39 is 11.9 Å². The number of nitrogens with one attached hydrogen (secondary N) is 1. The highest BCUT2D eigenvalue weighted by atomic mass is 32.1. The van der Waals surface area contributed by atoms with Gasteiger partial charge >= 0.3 is 12.0 Å². The van der Waals surface area contributed by atoms with Crippen molar-refractivity contribution in [3.63, 3.8) is 0 Å². The van der Waals surface area contributed by atoms with Gasteiger partial charge in [0.25, 0.3) is 0 Å². The number of carboxylic acid groups (broad SMARTS) is 1. The Kier molecular flexibility index (Phi) is 3.75. The zero-order valence-corrected chi connectivity index (χ0v) is 10.7. The highest BCUT2D eigenvalue weighted by Gasteiger charge is 2.31. The SMILES string of the molecule is CCc1nnc(NC(=O)N2CCC(C(=O)O)C2)s1. The lowest BCUT2D eigenvalue weighted by Crippen LogP contribution is -2.33. The third-order valence-electron chi connectivity index (χ3n) is 2.81. The van der Waals surface area contributed by atoms with Crippen LogP contribution in [0.1, 0.15) is 18.4 Å². The van der Waals surface area contributed by atoms with Crippen molar-refractivity contribution in [3.8, 4) is 0 Å². The number of rotatable bonds is 3. The molecule has 1 saturated heterocycles. The first-order valence-electron chi connectivity index (χ1n) is 5.71. The van der Waals surface area contributed by atoms with E-state index in [9.17, 15) is 9.59 Å². The lowest BCUT2D eigenvalue weighted by Gasteiger charge is -2.14. The number of aryl methyl sites for hydroxylation is 1. The van der Waals surface area contributed by atoms with E-state index in [1.807, 2.05) is 6.92 Å². The molecule has 2 heterocycles. The molecule has 0 radical (unpaired) electrons. The topological polar surface area (TPSA) is 95.4 Å². The van der Waals surface area contributed by atoms with Crippen molar-refractivity contribution in [3.05, 3.63) is 5.01 Å². The van der Waals surface area contributed by atoms with Gasteiger partial charge in [-0.25, -0.2) is 4.79 Å². The molecule has 1 aliphatic heterocycles. The molecule has 0 aliphatic carbocycles. The largest absolute Gasteiger partial charge is 0.481 e. The van der Waals surface area contributed by atoms with Crippen LogP contribution in [-0.2, 0) is 11.2 Å². The normalized spacial score (nSPS) is 18.9. The second-order valence-corrected chi connectivity index (χ2v) is 5.12. The average molecular weight is 270 g/mol. The summed E-state index contributed by atoms with van der Waals surface area (Å²) < 4.78 is 0. The van der Waals surface area contributed by atoms with E-state index in [2.05, 4.69) is 15.5 Å². The Labute approximate surface area is 108 Å². The third-order valence-corrected chi connectivity index (χ3v) is 3.79. The molecule has 98 valence electrons. The maximum absolute atomic E-state index is 11.8. The minimum Gasteiger partial charge on any atom is -0.481 e. The maximum atomic E-state index is 11.8. The van der Waals surface area contributed by atoms with Gasteiger partial charge in [0, 0.05) is 13.1 Å². The van der Waals surface area contributed by atoms with Crippen molar-refractivity contribution in [2.45, 2.75) is 19.8 Å². The van der Waals surface area contributed by atoms with Gasteiger partial charge in [-0.3, -0.25) is 10.1 Å². The van der Waals surface area contributed by atoms with E-state index in [4.69, 9.17) is 5.11 Å². The van der Waals surface area contributed by atoms with Crippen molar-refractivity contribution in [2.24, 2.45) is 5.92 Å². The number of hydrogen-bond acceptors (Lipinski definition) is 5. The van der Waals surface area contributed by atoms with Gasteiger partial charge in [-0.05, 0) is 12.8 Å². The summed E-state index contributed by atoms with van der Waals surface area (Å²) in [5, 5.41) is 20.6. The van der Waals surface area contributed by atoms with Crippen LogP contribution in [0.3, 0.4) is 0 Å². The number of carbonyl (C=O) groups is 2. The molecule has 1 fully saturated rings. The standard InChI is InChI=1S/C10H14N4O3S/c1-2-7-12-13-9(18-7)11-10(17)14-4-3-6(5-14)8(15)16/h6H,2-5H2,1H3,(H,15,16)(H,11,13,17). The molecule has 1 unspecified atom stereocenters.